The monoisotopic (exact) mass is 244 g/mol. The van der Waals surface area contributed by atoms with Gasteiger partial charge in [0.25, 0.3) is 0 Å². The lowest BCUT2D eigenvalue weighted by Gasteiger charge is -2.12. The highest BCUT2D eigenvalue weighted by Gasteiger charge is 2.12. The van der Waals surface area contributed by atoms with Crippen LogP contribution in [0.5, 0.6) is 17.5 Å². The third kappa shape index (κ3) is 2.22. The predicted octanol–water partition coefficient (Wildman–Crippen LogP) is 2.57. The Labute approximate surface area is 106 Å². The second-order valence-corrected chi connectivity index (χ2v) is 3.54. The van der Waals surface area contributed by atoms with E-state index in [0.717, 1.165) is 16.9 Å². The van der Waals surface area contributed by atoms with Gasteiger partial charge in [0.05, 0.1) is 21.3 Å². The van der Waals surface area contributed by atoms with Crippen LogP contribution in [0.3, 0.4) is 0 Å². The van der Waals surface area contributed by atoms with Gasteiger partial charge < -0.3 is 14.2 Å². The molecule has 0 N–H and O–H groups in total. The maximum absolute atomic E-state index is 5.31. The fraction of sp³-hybridized carbons (Fsp3) is 0.214. The Bertz CT molecular complexity index is 540. The van der Waals surface area contributed by atoms with Crippen molar-refractivity contribution in [2.75, 3.05) is 21.3 Å². The predicted molar refractivity (Wildman–Crippen MR) is 68.2 cm³/mol. The normalized spacial score (nSPS) is 9.94. The van der Waals surface area contributed by atoms with E-state index in [1.807, 2.05) is 18.2 Å². The van der Waals surface area contributed by atoms with Crippen LogP contribution in [-0.2, 0) is 0 Å². The molecule has 0 aliphatic carbocycles. The van der Waals surface area contributed by atoms with Crippen molar-refractivity contribution in [3.8, 4) is 28.6 Å². The van der Waals surface area contributed by atoms with Crippen LogP contribution in [0.1, 0.15) is 0 Å². The standard InChI is InChI=1S/C14H14NO3/c1-16-12-7-5-4-6-10(12)11-8-9-13(17-2)15-14(11)18-3/h4,6-9H,1-3H3. The van der Waals surface area contributed by atoms with Crippen molar-refractivity contribution in [3.63, 3.8) is 0 Å². The molecule has 4 nitrogen and oxygen atoms in total. The Kier molecular flexibility index (Phi) is 3.67. The van der Waals surface area contributed by atoms with Gasteiger partial charge in [0.1, 0.15) is 5.75 Å². The Morgan fingerprint density at radius 3 is 2.44 bits per heavy atom. The molecule has 0 aliphatic rings. The molecule has 1 aromatic heterocycles. The van der Waals surface area contributed by atoms with E-state index in [-0.39, 0.29) is 0 Å². The highest BCUT2D eigenvalue weighted by molar-refractivity contribution is 5.74. The van der Waals surface area contributed by atoms with Gasteiger partial charge in [-0.3, -0.25) is 0 Å². The summed E-state index contributed by atoms with van der Waals surface area (Å²) in [7, 11) is 4.77. The molecule has 0 fully saturated rings. The van der Waals surface area contributed by atoms with E-state index in [1.54, 1.807) is 33.5 Å². The third-order valence-electron chi connectivity index (χ3n) is 2.57. The van der Waals surface area contributed by atoms with Crippen LogP contribution in [0.2, 0.25) is 0 Å². The average Bonchev–Trinajstić information content (AvgIpc) is 2.46. The van der Waals surface area contributed by atoms with E-state index in [0.29, 0.717) is 11.8 Å². The van der Waals surface area contributed by atoms with E-state index in [9.17, 15) is 0 Å². The molecule has 0 aliphatic heterocycles. The average molecular weight is 244 g/mol. The summed E-state index contributed by atoms with van der Waals surface area (Å²) in [6, 6.07) is 12.2. The first-order valence-electron chi connectivity index (χ1n) is 5.43. The summed E-state index contributed by atoms with van der Waals surface area (Å²) in [5.74, 6) is 1.73. The first kappa shape index (κ1) is 12.2. The molecular weight excluding hydrogens is 230 g/mol. The molecule has 0 saturated heterocycles. The van der Waals surface area contributed by atoms with Gasteiger partial charge in [-0.05, 0) is 24.3 Å². The molecule has 18 heavy (non-hydrogen) atoms. The fourth-order valence-corrected chi connectivity index (χ4v) is 1.70. The van der Waals surface area contributed by atoms with Crippen LogP contribution >= 0.6 is 0 Å². The number of pyridine rings is 1. The minimum atomic E-state index is 0.499. The van der Waals surface area contributed by atoms with E-state index in [1.165, 1.54) is 0 Å². The second-order valence-electron chi connectivity index (χ2n) is 3.54. The van der Waals surface area contributed by atoms with Crippen molar-refractivity contribution >= 4 is 0 Å². The highest BCUT2D eigenvalue weighted by atomic mass is 16.5. The zero-order valence-electron chi connectivity index (χ0n) is 10.6. The lowest BCUT2D eigenvalue weighted by Crippen LogP contribution is -1.96. The number of aromatic nitrogens is 1. The van der Waals surface area contributed by atoms with Gasteiger partial charge in [0, 0.05) is 17.2 Å². The van der Waals surface area contributed by atoms with Crippen molar-refractivity contribution < 1.29 is 14.2 Å². The van der Waals surface area contributed by atoms with E-state index >= 15 is 0 Å². The molecule has 0 spiro atoms. The molecule has 4 heteroatoms. The first-order chi connectivity index (χ1) is 8.80. The number of nitrogens with zero attached hydrogens (tertiary/aromatic N) is 1. The smallest absolute Gasteiger partial charge is 0.224 e. The number of hydrogen-bond acceptors (Lipinski definition) is 4. The number of methoxy groups -OCH3 is 3. The van der Waals surface area contributed by atoms with Crippen LogP contribution in [0.25, 0.3) is 11.1 Å². The number of hydrogen-bond donors (Lipinski definition) is 0. The number of rotatable bonds is 4. The maximum Gasteiger partial charge on any atom is 0.224 e. The second kappa shape index (κ2) is 5.40. The van der Waals surface area contributed by atoms with Crippen molar-refractivity contribution in [2.24, 2.45) is 0 Å². The molecule has 1 heterocycles. The highest BCUT2D eigenvalue weighted by Crippen LogP contribution is 2.35. The molecule has 1 aromatic carbocycles. The summed E-state index contributed by atoms with van der Waals surface area (Å²) in [5, 5.41) is 0. The molecule has 0 atom stereocenters. The van der Waals surface area contributed by atoms with Gasteiger partial charge >= 0.3 is 0 Å². The van der Waals surface area contributed by atoms with E-state index in [2.05, 4.69) is 11.1 Å². The Hall–Kier alpha value is -2.23. The van der Waals surface area contributed by atoms with Gasteiger partial charge in [-0.15, -0.1) is 0 Å². The Morgan fingerprint density at radius 2 is 1.78 bits per heavy atom. The molecule has 2 aromatic rings. The molecule has 93 valence electrons. The zero-order valence-corrected chi connectivity index (χ0v) is 10.6. The van der Waals surface area contributed by atoms with E-state index < -0.39 is 0 Å². The van der Waals surface area contributed by atoms with Crippen LogP contribution in [0.15, 0.2) is 30.3 Å². The van der Waals surface area contributed by atoms with Crippen molar-refractivity contribution in [1.29, 1.82) is 0 Å². The number of ether oxygens (including phenoxy) is 3. The minimum absolute atomic E-state index is 0.499. The number of benzene rings is 1. The lowest BCUT2D eigenvalue weighted by atomic mass is 10.1. The third-order valence-corrected chi connectivity index (χ3v) is 2.57. The summed E-state index contributed by atoms with van der Waals surface area (Å²) < 4.78 is 15.7. The van der Waals surface area contributed by atoms with Gasteiger partial charge in [-0.25, -0.2) is 0 Å². The summed E-state index contributed by atoms with van der Waals surface area (Å²) in [6.07, 6.45) is 0. The van der Waals surface area contributed by atoms with Crippen molar-refractivity contribution in [3.05, 3.63) is 36.4 Å². The van der Waals surface area contributed by atoms with Crippen molar-refractivity contribution in [2.45, 2.75) is 0 Å². The zero-order chi connectivity index (χ0) is 13.0. The molecule has 2 rings (SSSR count). The molecule has 1 radical (unpaired) electrons. The molecule has 0 amide bonds. The van der Waals surface area contributed by atoms with Crippen LogP contribution in [-0.4, -0.2) is 26.3 Å². The van der Waals surface area contributed by atoms with Crippen molar-refractivity contribution in [1.82, 2.24) is 4.98 Å². The quantitative estimate of drug-likeness (QED) is 0.828. The summed E-state index contributed by atoms with van der Waals surface area (Å²) in [6.45, 7) is 0. The van der Waals surface area contributed by atoms with Gasteiger partial charge in [0.2, 0.25) is 11.8 Å². The first-order valence-corrected chi connectivity index (χ1v) is 5.43. The largest absolute Gasteiger partial charge is 0.496 e. The van der Waals surface area contributed by atoms with Gasteiger partial charge in [0.15, 0.2) is 0 Å². The summed E-state index contributed by atoms with van der Waals surface area (Å²) >= 11 is 0. The van der Waals surface area contributed by atoms with Gasteiger partial charge in [-0.1, -0.05) is 6.07 Å². The fourth-order valence-electron chi connectivity index (χ4n) is 1.70. The van der Waals surface area contributed by atoms with E-state index in [4.69, 9.17) is 14.2 Å². The van der Waals surface area contributed by atoms with Gasteiger partial charge in [-0.2, -0.15) is 4.98 Å². The molecular formula is C14H14NO3. The Balaban J connectivity index is 2.56. The SMILES string of the molecule is COc1ccc(-c2cc[c]cc2OC)c(OC)n1. The van der Waals surface area contributed by atoms with Crippen LogP contribution in [0, 0.1) is 6.07 Å². The minimum Gasteiger partial charge on any atom is -0.496 e. The maximum atomic E-state index is 5.31. The molecule has 0 bridgehead atoms. The van der Waals surface area contributed by atoms with Crippen LogP contribution < -0.4 is 14.2 Å². The topological polar surface area (TPSA) is 40.6 Å². The van der Waals surface area contributed by atoms with Crippen LogP contribution in [0.4, 0.5) is 0 Å². The molecule has 0 saturated carbocycles. The summed E-state index contributed by atoms with van der Waals surface area (Å²) in [5.41, 5.74) is 1.76. The lowest BCUT2D eigenvalue weighted by molar-refractivity contribution is 0.365. The Morgan fingerprint density at radius 1 is 0.944 bits per heavy atom. The molecule has 0 unspecified atom stereocenters. The summed E-state index contributed by atoms with van der Waals surface area (Å²) in [4.78, 5) is 4.25.